The minimum Gasteiger partial charge on any atom is -0.490 e. The van der Waals surface area contributed by atoms with E-state index in [0.717, 1.165) is 39.7 Å². The van der Waals surface area contributed by atoms with Crippen LogP contribution in [0.15, 0.2) is 66.7 Å². The number of halogens is 2. The third-order valence-electron chi connectivity index (χ3n) is 8.34. The summed E-state index contributed by atoms with van der Waals surface area (Å²) in [6, 6.07) is 11.4. The molecule has 6 aromatic rings. The Labute approximate surface area is 267 Å². The van der Waals surface area contributed by atoms with Crippen LogP contribution in [0.3, 0.4) is 0 Å². The van der Waals surface area contributed by atoms with Gasteiger partial charge in [-0.05, 0) is 43.5 Å². The first kappa shape index (κ1) is 29.8. The number of amides is 1. The predicted octanol–water partition coefficient (Wildman–Crippen LogP) is 6.51. The Morgan fingerprint density at radius 2 is 2.00 bits per heavy atom. The second kappa shape index (κ2) is 11.5. The molecule has 5 heterocycles. The van der Waals surface area contributed by atoms with Gasteiger partial charge >= 0.3 is 0 Å². The van der Waals surface area contributed by atoms with Crippen LogP contribution in [-0.2, 0) is 18.4 Å². The lowest BCUT2D eigenvalue weighted by Gasteiger charge is -2.33. The van der Waals surface area contributed by atoms with Gasteiger partial charge in [-0.2, -0.15) is 10.2 Å². The van der Waals surface area contributed by atoms with E-state index in [4.69, 9.17) is 14.8 Å². The first-order valence-corrected chi connectivity index (χ1v) is 15.7. The average molecular weight is 641 g/mol. The van der Waals surface area contributed by atoms with Crippen LogP contribution in [0.1, 0.15) is 25.6 Å². The molecule has 0 bridgehead atoms. The fraction of sp³-hybridized carbons (Fsp3) is 0.235. The molecule has 0 spiro atoms. The molecule has 234 valence electrons. The van der Waals surface area contributed by atoms with Crippen LogP contribution < -0.4 is 4.74 Å². The number of ether oxygens (including phenoxy) is 1. The van der Waals surface area contributed by atoms with Gasteiger partial charge in [-0.25, -0.2) is 13.8 Å². The summed E-state index contributed by atoms with van der Waals surface area (Å²) in [5.74, 6) is -1.87. The van der Waals surface area contributed by atoms with Crippen LogP contribution in [0.5, 0.6) is 5.75 Å². The Morgan fingerprint density at radius 3 is 2.78 bits per heavy atom. The van der Waals surface area contributed by atoms with Crippen LogP contribution >= 0.6 is 11.3 Å². The maximum Gasteiger partial charge on any atom is 0.246 e. The quantitative estimate of drug-likeness (QED) is 0.200. The number of aliphatic hydroxyl groups is 1. The number of hydrogen-bond donors (Lipinski definition) is 1. The molecule has 1 aliphatic rings. The number of hydrogen-bond acceptors (Lipinski definition) is 7. The molecule has 0 radical (unpaired) electrons. The minimum absolute atomic E-state index is 0.0214. The van der Waals surface area contributed by atoms with Crippen molar-refractivity contribution in [2.75, 3.05) is 13.2 Å². The fourth-order valence-electron chi connectivity index (χ4n) is 6.11. The predicted molar refractivity (Wildman–Crippen MR) is 173 cm³/mol. The highest BCUT2D eigenvalue weighted by Crippen LogP contribution is 2.47. The summed E-state index contributed by atoms with van der Waals surface area (Å²) in [4.78, 5) is 19.5. The lowest BCUT2D eigenvalue weighted by atomic mass is 9.96. The van der Waals surface area contributed by atoms with Crippen molar-refractivity contribution in [2.24, 2.45) is 7.05 Å². The number of aryl methyl sites for hydroxylation is 1. The van der Waals surface area contributed by atoms with Crippen LogP contribution in [0.25, 0.3) is 54.8 Å². The van der Waals surface area contributed by atoms with Gasteiger partial charge in [0.15, 0.2) is 0 Å². The molecule has 7 rings (SSSR count). The maximum atomic E-state index is 16.0. The van der Waals surface area contributed by atoms with Gasteiger partial charge in [0.1, 0.15) is 35.4 Å². The molecule has 12 heteroatoms. The van der Waals surface area contributed by atoms with Gasteiger partial charge < -0.3 is 14.7 Å². The highest BCUT2D eigenvalue weighted by Gasteiger charge is 2.31. The summed E-state index contributed by atoms with van der Waals surface area (Å²) in [5.41, 5.74) is 4.46. The highest BCUT2D eigenvalue weighted by atomic mass is 32.1. The van der Waals surface area contributed by atoms with Crippen LogP contribution in [-0.4, -0.2) is 59.7 Å². The largest absolute Gasteiger partial charge is 0.490 e. The molecule has 1 amide bonds. The first-order chi connectivity index (χ1) is 22.1. The highest BCUT2D eigenvalue weighted by molar-refractivity contribution is 7.18. The van der Waals surface area contributed by atoms with Crippen LogP contribution in [0, 0.1) is 11.6 Å². The Morgan fingerprint density at radius 1 is 1.17 bits per heavy atom. The fourth-order valence-corrected chi connectivity index (χ4v) is 7.06. The van der Waals surface area contributed by atoms with Gasteiger partial charge in [-0.15, -0.1) is 11.3 Å². The van der Waals surface area contributed by atoms with Crippen molar-refractivity contribution < 1.29 is 23.4 Å². The Kier molecular flexibility index (Phi) is 7.41. The molecular weight excluding hydrogens is 610 g/mol. The third-order valence-corrected chi connectivity index (χ3v) is 9.27. The van der Waals surface area contributed by atoms with Crippen LogP contribution in [0.2, 0.25) is 0 Å². The molecule has 0 saturated heterocycles. The van der Waals surface area contributed by atoms with E-state index < -0.39 is 17.7 Å². The number of carbonyl (C=O) groups excluding carboxylic acids is 1. The number of carbonyl (C=O) groups is 1. The van der Waals surface area contributed by atoms with Crippen molar-refractivity contribution >= 4 is 38.2 Å². The summed E-state index contributed by atoms with van der Waals surface area (Å²) in [6.07, 6.45) is 2.22. The molecule has 4 aromatic heterocycles. The zero-order chi connectivity index (χ0) is 32.3. The van der Waals surface area contributed by atoms with Gasteiger partial charge in [0, 0.05) is 52.3 Å². The van der Waals surface area contributed by atoms with Crippen LogP contribution in [0.4, 0.5) is 8.78 Å². The molecule has 1 N–H and O–H groups in total. The zero-order valence-corrected chi connectivity index (χ0v) is 26.2. The zero-order valence-electron chi connectivity index (χ0n) is 25.4. The summed E-state index contributed by atoms with van der Waals surface area (Å²) in [5, 5.41) is 22.9. The van der Waals surface area contributed by atoms with Crippen molar-refractivity contribution in [2.45, 2.75) is 32.5 Å². The second-order valence-corrected chi connectivity index (χ2v) is 12.3. The standard InChI is InChI=1S/C34H30F2N6O3S/c1-5-29(44)41-9-10-42-26(19(41)3)15-25(39-42)33-31(30-24(36)13-22(35)14-28(30)45-17-18(2)43)34-23(8-11-46-34)32(38-33)20-6-7-21-16-37-40(4)27(21)12-20/h5-8,11-16,18-19,43H,1,9-10,17H2,2-4H3/t18-,19+/m1/s1. The van der Waals surface area contributed by atoms with E-state index in [9.17, 15) is 14.3 Å². The summed E-state index contributed by atoms with van der Waals surface area (Å²) < 4.78 is 40.8. The molecule has 46 heavy (non-hydrogen) atoms. The first-order valence-electron chi connectivity index (χ1n) is 14.8. The Hall–Kier alpha value is -4.94. The Bertz CT molecular complexity index is 2170. The van der Waals surface area contributed by atoms with Crippen molar-refractivity contribution in [3.8, 4) is 39.5 Å². The van der Waals surface area contributed by atoms with Gasteiger partial charge in [0.05, 0.1) is 47.4 Å². The number of fused-ring (bicyclic) bond motifs is 3. The molecule has 9 nitrogen and oxygen atoms in total. The topological polar surface area (TPSA) is 98.3 Å². The van der Waals surface area contributed by atoms with Gasteiger partial charge in [0.25, 0.3) is 0 Å². The van der Waals surface area contributed by atoms with E-state index in [0.29, 0.717) is 40.4 Å². The number of rotatable bonds is 7. The number of aromatic nitrogens is 5. The lowest BCUT2D eigenvalue weighted by molar-refractivity contribution is -0.129. The number of benzene rings is 2. The molecule has 1 aliphatic heterocycles. The lowest BCUT2D eigenvalue weighted by Crippen LogP contribution is -2.40. The van der Waals surface area contributed by atoms with Gasteiger partial charge in [0.2, 0.25) is 5.91 Å². The van der Waals surface area contributed by atoms with E-state index in [1.54, 1.807) is 15.8 Å². The monoisotopic (exact) mass is 640 g/mol. The second-order valence-electron chi connectivity index (χ2n) is 11.4. The number of pyridine rings is 1. The molecule has 2 aromatic carbocycles. The third kappa shape index (κ3) is 4.94. The smallest absolute Gasteiger partial charge is 0.246 e. The molecule has 0 fully saturated rings. The molecular formula is C34H30F2N6O3S. The van der Waals surface area contributed by atoms with Crippen molar-refractivity contribution in [1.29, 1.82) is 0 Å². The molecule has 0 saturated carbocycles. The average Bonchev–Trinajstić information content (AvgIpc) is 3.78. The summed E-state index contributed by atoms with van der Waals surface area (Å²) >= 11 is 1.40. The SMILES string of the molecule is C=CC(=O)N1CCn2nc(-c3nc(-c4ccc5cnn(C)c5c4)c4ccsc4c3-c3c(F)cc(F)cc3OC[C@@H](C)O)cc2[C@@H]1C. The van der Waals surface area contributed by atoms with E-state index in [2.05, 4.69) is 11.7 Å². The Balaban J connectivity index is 1.52. The molecule has 0 aliphatic carbocycles. The molecule has 0 unspecified atom stereocenters. The van der Waals surface area contributed by atoms with E-state index in [1.165, 1.54) is 24.3 Å². The molecule has 2 atom stereocenters. The van der Waals surface area contributed by atoms with Crippen molar-refractivity contribution in [3.05, 3.63) is 84.0 Å². The van der Waals surface area contributed by atoms with Crippen molar-refractivity contribution in [3.63, 3.8) is 0 Å². The van der Waals surface area contributed by atoms with E-state index in [-0.39, 0.29) is 29.9 Å². The maximum absolute atomic E-state index is 16.0. The normalized spacial score (nSPS) is 15.3. The van der Waals surface area contributed by atoms with E-state index >= 15 is 4.39 Å². The van der Waals surface area contributed by atoms with Gasteiger partial charge in [-0.3, -0.25) is 14.2 Å². The summed E-state index contributed by atoms with van der Waals surface area (Å²) in [7, 11) is 1.87. The van der Waals surface area contributed by atoms with E-state index in [1.807, 2.05) is 54.4 Å². The van der Waals surface area contributed by atoms with Crippen molar-refractivity contribution in [1.82, 2.24) is 29.4 Å². The number of thiophene rings is 1. The van der Waals surface area contributed by atoms with Gasteiger partial charge in [-0.1, -0.05) is 18.7 Å². The number of aliphatic hydroxyl groups excluding tert-OH is 1. The number of nitrogens with zero attached hydrogens (tertiary/aromatic N) is 6. The minimum atomic E-state index is -0.870. The summed E-state index contributed by atoms with van der Waals surface area (Å²) in [6.45, 7) is 7.82.